The van der Waals surface area contributed by atoms with E-state index in [-0.39, 0.29) is 27.2 Å². The smallest absolute Gasteiger partial charge is 0.349 e. The van der Waals surface area contributed by atoms with E-state index in [4.69, 9.17) is 0 Å². The number of benzene rings is 1. The maximum atomic E-state index is 12.9. The van der Waals surface area contributed by atoms with Crippen molar-refractivity contribution in [2.45, 2.75) is 13.5 Å². The van der Waals surface area contributed by atoms with E-state index in [2.05, 4.69) is 10.3 Å². The van der Waals surface area contributed by atoms with Gasteiger partial charge >= 0.3 is 5.97 Å². The fourth-order valence-electron chi connectivity index (χ4n) is 3.37. The molecule has 0 fully saturated rings. The van der Waals surface area contributed by atoms with Crippen LogP contribution in [0.4, 0.5) is 5.69 Å². The van der Waals surface area contributed by atoms with Gasteiger partial charge in [-0.1, -0.05) is 0 Å². The van der Waals surface area contributed by atoms with Crippen molar-refractivity contribution >= 4 is 51.6 Å². The number of carbonyl (C=O) groups excluding carboxylic acids is 1. The van der Waals surface area contributed by atoms with E-state index < -0.39 is 11.5 Å². The van der Waals surface area contributed by atoms with Gasteiger partial charge in [-0.25, -0.2) is 4.79 Å². The van der Waals surface area contributed by atoms with Gasteiger partial charge in [0.05, 0.1) is 5.56 Å². The molecule has 0 unspecified atom stereocenters. The number of thiazole rings is 1. The molecule has 3 N–H and O–H groups in total. The van der Waals surface area contributed by atoms with Gasteiger partial charge < -0.3 is 25.2 Å². The van der Waals surface area contributed by atoms with Crippen LogP contribution in [0.25, 0.3) is 22.7 Å². The number of nitrogens with zero attached hydrogens (tertiary/aromatic N) is 4. The number of H-pyrrole nitrogens is 1. The van der Waals surface area contributed by atoms with Gasteiger partial charge in [-0.2, -0.15) is 5.26 Å². The Morgan fingerprint density at radius 3 is 2.65 bits per heavy atom. The van der Waals surface area contributed by atoms with Crippen LogP contribution < -0.4 is 20.1 Å². The topological polar surface area (TPSA) is 134 Å². The fourth-order valence-corrected chi connectivity index (χ4v) is 4.45. The number of rotatable bonds is 8. The first-order chi connectivity index (χ1) is 16.2. The highest BCUT2D eigenvalue weighted by Crippen LogP contribution is 2.23. The lowest BCUT2D eigenvalue weighted by molar-refractivity contribution is -0.130. The molecule has 2 heterocycles. The molecule has 0 atom stereocenters. The molecule has 0 aliphatic carbocycles. The van der Waals surface area contributed by atoms with Crippen molar-refractivity contribution in [3.05, 3.63) is 49.5 Å². The van der Waals surface area contributed by atoms with E-state index in [1.165, 1.54) is 10.8 Å². The van der Waals surface area contributed by atoms with Crippen LogP contribution in [-0.2, 0) is 11.3 Å². The second kappa shape index (κ2) is 10.4. The summed E-state index contributed by atoms with van der Waals surface area (Å²) in [6, 6.07) is 7.10. The number of nitriles is 1. The summed E-state index contributed by atoms with van der Waals surface area (Å²) in [6.07, 6.45) is 3.17. The molecule has 178 valence electrons. The molecule has 2 aromatic heterocycles. The summed E-state index contributed by atoms with van der Waals surface area (Å²) in [7, 11) is 5.66. The Balaban J connectivity index is 1.97. The van der Waals surface area contributed by atoms with Crippen molar-refractivity contribution in [3.63, 3.8) is 0 Å². The summed E-state index contributed by atoms with van der Waals surface area (Å²) in [5.41, 5.74) is 1.14. The number of amides is 1. The molecule has 3 rings (SSSR count). The minimum Gasteiger partial charge on any atom is -0.477 e. The molecule has 0 aliphatic rings. The lowest BCUT2D eigenvalue weighted by Gasteiger charge is -2.19. The standard InChI is InChI=1S/C23H26N6O4S/c1-5-29-21(31)19(34-22(29)16(11-24)23(32)33)13-25-14-6-7-18-15(10-14)17(12-26-18)20(30)28(4)9-8-27(2)3/h6-7,10,12-13,25-26H,5,8-9H2,1-4H3,(H,32,33). The number of carbonyl (C=O) groups is 2. The fraction of sp³-hybridized carbons (Fsp3) is 0.304. The van der Waals surface area contributed by atoms with E-state index >= 15 is 0 Å². The molecule has 11 heteroatoms. The number of anilines is 1. The van der Waals surface area contributed by atoms with Crippen LogP contribution in [0.5, 0.6) is 0 Å². The van der Waals surface area contributed by atoms with E-state index in [0.29, 0.717) is 17.8 Å². The molecule has 0 bridgehead atoms. The summed E-state index contributed by atoms with van der Waals surface area (Å²) in [4.78, 5) is 43.8. The summed E-state index contributed by atoms with van der Waals surface area (Å²) < 4.78 is 1.63. The Labute approximate surface area is 199 Å². The number of nitrogens with one attached hydrogen (secondary N) is 2. The molecule has 0 saturated heterocycles. The van der Waals surface area contributed by atoms with Gasteiger partial charge in [0.1, 0.15) is 15.3 Å². The lowest BCUT2D eigenvalue weighted by Crippen LogP contribution is -2.33. The van der Waals surface area contributed by atoms with Crippen LogP contribution in [-0.4, -0.2) is 70.6 Å². The van der Waals surface area contributed by atoms with E-state index in [9.17, 15) is 24.8 Å². The molecule has 0 spiro atoms. The van der Waals surface area contributed by atoms with Crippen LogP contribution in [0.2, 0.25) is 0 Å². The molecule has 0 saturated carbocycles. The Morgan fingerprint density at radius 1 is 1.29 bits per heavy atom. The molecule has 3 aromatic rings. The first-order valence-electron chi connectivity index (χ1n) is 10.5. The van der Waals surface area contributed by atoms with Crippen LogP contribution >= 0.6 is 11.3 Å². The number of aromatic nitrogens is 2. The predicted molar refractivity (Wildman–Crippen MR) is 132 cm³/mol. The molecule has 0 radical (unpaired) electrons. The zero-order chi connectivity index (χ0) is 25.0. The number of carboxylic acids is 1. The molecule has 34 heavy (non-hydrogen) atoms. The third-order valence-electron chi connectivity index (χ3n) is 5.27. The summed E-state index contributed by atoms with van der Waals surface area (Å²) >= 11 is 0.937. The first-order valence-corrected chi connectivity index (χ1v) is 11.3. The van der Waals surface area contributed by atoms with E-state index in [0.717, 1.165) is 28.8 Å². The van der Waals surface area contributed by atoms with Crippen molar-refractivity contribution < 1.29 is 14.7 Å². The van der Waals surface area contributed by atoms with Crippen molar-refractivity contribution in [2.75, 3.05) is 39.5 Å². The monoisotopic (exact) mass is 482 g/mol. The average Bonchev–Trinajstić information content (AvgIpc) is 3.36. The second-order valence-corrected chi connectivity index (χ2v) is 8.92. The first kappa shape index (κ1) is 24.8. The van der Waals surface area contributed by atoms with E-state index in [1.54, 1.807) is 37.2 Å². The second-order valence-electron chi connectivity index (χ2n) is 7.89. The third-order valence-corrected chi connectivity index (χ3v) is 6.41. The predicted octanol–water partition coefficient (Wildman–Crippen LogP) is 0.654. The number of aliphatic carboxylic acids is 1. The van der Waals surface area contributed by atoms with Gasteiger partial charge in [0.15, 0.2) is 5.57 Å². The summed E-state index contributed by atoms with van der Waals surface area (Å²) in [5, 5.41) is 22.3. The minimum absolute atomic E-state index is 0.101. The minimum atomic E-state index is -1.38. The molecular weight excluding hydrogens is 456 g/mol. The number of likely N-dealkylation sites (N-methyl/N-ethyl adjacent to an activating group) is 2. The Hall–Kier alpha value is -3.88. The Morgan fingerprint density at radius 2 is 2.03 bits per heavy atom. The maximum Gasteiger partial charge on any atom is 0.349 e. The molecular formula is C23H26N6O4S. The van der Waals surface area contributed by atoms with Crippen LogP contribution in [0.3, 0.4) is 0 Å². The highest BCUT2D eigenvalue weighted by Gasteiger charge is 2.17. The normalized spacial score (nSPS) is 12.6. The summed E-state index contributed by atoms with van der Waals surface area (Å²) in [5.74, 6) is -1.48. The number of aromatic amines is 1. The van der Waals surface area contributed by atoms with Crippen molar-refractivity contribution in [3.8, 4) is 6.07 Å². The molecule has 0 aliphatic heterocycles. The Bertz CT molecular complexity index is 1460. The van der Waals surface area contributed by atoms with Crippen molar-refractivity contribution in [1.82, 2.24) is 19.4 Å². The molecule has 1 amide bonds. The van der Waals surface area contributed by atoms with Gasteiger partial charge in [0, 0.05) is 55.7 Å². The number of carboxylic acid groups (broad SMARTS) is 1. The number of fused-ring (bicyclic) bond motifs is 1. The van der Waals surface area contributed by atoms with E-state index in [1.807, 2.05) is 31.1 Å². The van der Waals surface area contributed by atoms with Gasteiger partial charge in [-0.05, 0) is 39.2 Å². The highest BCUT2D eigenvalue weighted by molar-refractivity contribution is 7.07. The number of hydrogen-bond acceptors (Lipinski definition) is 7. The van der Waals surface area contributed by atoms with Crippen molar-refractivity contribution in [1.29, 1.82) is 5.26 Å². The average molecular weight is 483 g/mol. The van der Waals surface area contributed by atoms with Gasteiger partial charge in [0.25, 0.3) is 11.5 Å². The van der Waals surface area contributed by atoms with Crippen LogP contribution in [0.15, 0.2) is 29.2 Å². The highest BCUT2D eigenvalue weighted by atomic mass is 32.1. The third kappa shape index (κ3) is 5.03. The van der Waals surface area contributed by atoms with Gasteiger partial charge in [-0.3, -0.25) is 14.2 Å². The largest absolute Gasteiger partial charge is 0.477 e. The molecule has 1 aromatic carbocycles. The molecule has 10 nitrogen and oxygen atoms in total. The zero-order valence-corrected chi connectivity index (χ0v) is 20.2. The van der Waals surface area contributed by atoms with Crippen LogP contribution in [0.1, 0.15) is 17.3 Å². The van der Waals surface area contributed by atoms with Crippen molar-refractivity contribution in [2.24, 2.45) is 0 Å². The summed E-state index contributed by atoms with van der Waals surface area (Å²) in [6.45, 7) is 3.28. The van der Waals surface area contributed by atoms with Gasteiger partial charge in [0.2, 0.25) is 0 Å². The number of hydrogen-bond donors (Lipinski definition) is 3. The van der Waals surface area contributed by atoms with Gasteiger partial charge in [-0.15, -0.1) is 11.3 Å². The zero-order valence-electron chi connectivity index (χ0n) is 19.4. The Kier molecular flexibility index (Phi) is 7.55. The lowest BCUT2D eigenvalue weighted by atomic mass is 10.1. The maximum absolute atomic E-state index is 12.9. The SMILES string of the molecule is CCn1c(=C(C#N)C(=O)O)sc(=CNc2ccc3[nH]cc(C(=O)N(C)CCN(C)C)c3c2)c1=O. The quantitative estimate of drug-likeness (QED) is 0.429. The van der Waals surface area contributed by atoms with Crippen LogP contribution in [0, 0.1) is 11.3 Å².